The van der Waals surface area contributed by atoms with Gasteiger partial charge in [-0.05, 0) is 37.6 Å². The highest BCUT2D eigenvalue weighted by molar-refractivity contribution is 6.44. The molecule has 3 rings (SSSR count). The topological polar surface area (TPSA) is 67.4 Å². The van der Waals surface area contributed by atoms with Crippen molar-refractivity contribution in [1.29, 1.82) is 0 Å². The van der Waals surface area contributed by atoms with Crippen LogP contribution in [0.2, 0.25) is 10.0 Å². The molecule has 1 aliphatic carbocycles. The van der Waals surface area contributed by atoms with Crippen LogP contribution >= 0.6 is 23.2 Å². The molecule has 2 aromatic carbocycles. The number of ether oxygens (including phenoxy) is 1. The molecule has 0 heterocycles. The lowest BCUT2D eigenvalue weighted by Gasteiger charge is -2.11. The van der Waals surface area contributed by atoms with Gasteiger partial charge < -0.3 is 15.4 Å². The van der Waals surface area contributed by atoms with Crippen molar-refractivity contribution in [1.82, 2.24) is 0 Å². The van der Waals surface area contributed by atoms with Gasteiger partial charge in [0.05, 0.1) is 39.9 Å². The van der Waals surface area contributed by atoms with Gasteiger partial charge >= 0.3 is 0 Å². The minimum absolute atomic E-state index is 0.200. The molecule has 2 unspecified atom stereocenters. The third-order valence-electron chi connectivity index (χ3n) is 4.12. The summed E-state index contributed by atoms with van der Waals surface area (Å²) in [5.41, 5.74) is 1.04. The van der Waals surface area contributed by atoms with E-state index in [0.717, 1.165) is 0 Å². The number of hydrogen-bond donors (Lipinski definition) is 2. The van der Waals surface area contributed by atoms with E-state index in [4.69, 9.17) is 27.9 Å². The van der Waals surface area contributed by atoms with Crippen LogP contribution in [-0.4, -0.2) is 18.4 Å². The summed E-state index contributed by atoms with van der Waals surface area (Å²) in [6.45, 7) is 2.38. The van der Waals surface area contributed by atoms with Crippen LogP contribution in [0.3, 0.4) is 0 Å². The largest absolute Gasteiger partial charge is 0.492 e. The van der Waals surface area contributed by atoms with Crippen LogP contribution in [-0.2, 0) is 9.59 Å². The first kappa shape index (κ1) is 18.5. The molecule has 0 aromatic heterocycles. The van der Waals surface area contributed by atoms with Crippen LogP contribution in [0.25, 0.3) is 0 Å². The first-order valence-corrected chi connectivity index (χ1v) is 9.04. The van der Waals surface area contributed by atoms with Gasteiger partial charge in [0.25, 0.3) is 0 Å². The first-order valence-electron chi connectivity index (χ1n) is 8.28. The monoisotopic (exact) mass is 392 g/mol. The molecule has 0 bridgehead atoms. The average Bonchev–Trinajstić information content (AvgIpc) is 3.42. The zero-order valence-corrected chi connectivity index (χ0v) is 15.6. The molecule has 136 valence electrons. The summed E-state index contributed by atoms with van der Waals surface area (Å²) in [6.07, 6.45) is 0.493. The Kier molecular flexibility index (Phi) is 5.69. The van der Waals surface area contributed by atoms with E-state index in [0.29, 0.717) is 35.2 Å². The van der Waals surface area contributed by atoms with Crippen LogP contribution in [0.5, 0.6) is 5.75 Å². The van der Waals surface area contributed by atoms with Crippen molar-refractivity contribution >= 4 is 46.4 Å². The standard InChI is InChI=1S/C19H18Cl2N2O3/c1-2-26-16-9-4-3-7-14(16)22-18(24)11-10-12(11)19(25)23-15-8-5-6-13(20)17(15)21/h3-9,11-12H,2,10H2,1H3,(H,22,24)(H,23,25). The Morgan fingerprint density at radius 2 is 1.62 bits per heavy atom. The fraction of sp³-hybridized carbons (Fsp3) is 0.263. The minimum Gasteiger partial charge on any atom is -0.492 e. The van der Waals surface area contributed by atoms with Crippen molar-refractivity contribution in [2.75, 3.05) is 17.2 Å². The molecule has 26 heavy (non-hydrogen) atoms. The van der Waals surface area contributed by atoms with Crippen molar-refractivity contribution in [3.05, 3.63) is 52.5 Å². The number of carbonyl (C=O) groups is 2. The maximum Gasteiger partial charge on any atom is 0.228 e. The second-order valence-electron chi connectivity index (χ2n) is 5.96. The lowest BCUT2D eigenvalue weighted by Crippen LogP contribution is -2.21. The Labute approximate surface area is 161 Å². The predicted octanol–water partition coefficient (Wildman–Crippen LogP) is 4.61. The van der Waals surface area contributed by atoms with E-state index in [9.17, 15) is 9.59 Å². The molecule has 0 aliphatic heterocycles. The maximum atomic E-state index is 12.4. The van der Waals surface area contributed by atoms with E-state index >= 15 is 0 Å². The fourth-order valence-electron chi connectivity index (χ4n) is 2.68. The van der Waals surface area contributed by atoms with Gasteiger partial charge in [-0.15, -0.1) is 0 Å². The van der Waals surface area contributed by atoms with Gasteiger partial charge in [0, 0.05) is 0 Å². The molecule has 2 amide bonds. The lowest BCUT2D eigenvalue weighted by atomic mass is 10.2. The lowest BCUT2D eigenvalue weighted by molar-refractivity contribution is -0.122. The molecule has 0 radical (unpaired) electrons. The Balaban J connectivity index is 1.60. The van der Waals surface area contributed by atoms with Gasteiger partial charge in [-0.1, -0.05) is 41.4 Å². The van der Waals surface area contributed by atoms with Crippen LogP contribution in [0, 0.1) is 11.8 Å². The normalized spacial score (nSPS) is 18.1. The highest BCUT2D eigenvalue weighted by Crippen LogP contribution is 2.41. The molecule has 7 heteroatoms. The summed E-state index contributed by atoms with van der Waals surface area (Å²) < 4.78 is 5.49. The maximum absolute atomic E-state index is 12.4. The molecule has 1 fully saturated rings. The molecule has 1 aliphatic rings. The van der Waals surface area contributed by atoms with E-state index in [2.05, 4.69) is 10.6 Å². The van der Waals surface area contributed by atoms with E-state index in [1.165, 1.54) is 0 Å². The second-order valence-corrected chi connectivity index (χ2v) is 6.74. The predicted molar refractivity (Wildman–Crippen MR) is 103 cm³/mol. The zero-order chi connectivity index (χ0) is 18.7. The molecular weight excluding hydrogens is 375 g/mol. The number of rotatable bonds is 6. The molecular formula is C19H18Cl2N2O3. The first-order chi connectivity index (χ1) is 12.5. The van der Waals surface area contributed by atoms with Crippen LogP contribution in [0.4, 0.5) is 11.4 Å². The molecule has 2 atom stereocenters. The Bertz CT molecular complexity index is 841. The number of benzene rings is 2. The van der Waals surface area contributed by atoms with Crippen LogP contribution in [0.15, 0.2) is 42.5 Å². The van der Waals surface area contributed by atoms with Crippen molar-refractivity contribution < 1.29 is 14.3 Å². The third kappa shape index (κ3) is 4.11. The van der Waals surface area contributed by atoms with Crippen molar-refractivity contribution in [2.24, 2.45) is 11.8 Å². The minimum atomic E-state index is -0.385. The summed E-state index contributed by atoms with van der Waals surface area (Å²) in [6, 6.07) is 12.2. The number of nitrogens with one attached hydrogen (secondary N) is 2. The van der Waals surface area contributed by atoms with Gasteiger partial charge in [0.1, 0.15) is 5.75 Å². The molecule has 0 spiro atoms. The number of hydrogen-bond acceptors (Lipinski definition) is 3. The number of anilines is 2. The summed E-state index contributed by atoms with van der Waals surface area (Å²) in [7, 11) is 0. The molecule has 2 aromatic rings. The summed E-state index contributed by atoms with van der Waals surface area (Å²) >= 11 is 12.0. The summed E-state index contributed by atoms with van der Waals surface area (Å²) in [5.74, 6) is -0.593. The van der Waals surface area contributed by atoms with E-state index in [1.807, 2.05) is 19.1 Å². The fourth-order valence-corrected chi connectivity index (χ4v) is 3.02. The second kappa shape index (κ2) is 7.98. The van der Waals surface area contributed by atoms with E-state index in [1.54, 1.807) is 30.3 Å². The highest BCUT2D eigenvalue weighted by Gasteiger charge is 2.48. The molecule has 5 nitrogen and oxygen atoms in total. The number of para-hydroxylation sites is 2. The average molecular weight is 393 g/mol. The van der Waals surface area contributed by atoms with Gasteiger partial charge in [0.2, 0.25) is 11.8 Å². The number of amides is 2. The van der Waals surface area contributed by atoms with E-state index in [-0.39, 0.29) is 28.7 Å². The van der Waals surface area contributed by atoms with Crippen LogP contribution < -0.4 is 15.4 Å². The highest BCUT2D eigenvalue weighted by atomic mass is 35.5. The SMILES string of the molecule is CCOc1ccccc1NC(=O)C1CC1C(=O)Nc1cccc(Cl)c1Cl. The van der Waals surface area contributed by atoms with Gasteiger partial charge in [-0.25, -0.2) is 0 Å². The Hall–Kier alpha value is -2.24. The quantitative estimate of drug-likeness (QED) is 0.754. The molecule has 0 saturated heterocycles. The molecule has 2 N–H and O–H groups in total. The van der Waals surface area contributed by atoms with E-state index < -0.39 is 0 Å². The number of carbonyl (C=O) groups excluding carboxylic acids is 2. The summed E-state index contributed by atoms with van der Waals surface area (Å²) in [4.78, 5) is 24.8. The smallest absolute Gasteiger partial charge is 0.228 e. The third-order valence-corrected chi connectivity index (χ3v) is 4.94. The number of halogens is 2. The van der Waals surface area contributed by atoms with Gasteiger partial charge in [0.15, 0.2) is 0 Å². The summed E-state index contributed by atoms with van der Waals surface area (Å²) in [5, 5.41) is 6.22. The Morgan fingerprint density at radius 3 is 2.31 bits per heavy atom. The van der Waals surface area contributed by atoms with Gasteiger partial charge in [-0.2, -0.15) is 0 Å². The Morgan fingerprint density at radius 1 is 1.00 bits per heavy atom. The van der Waals surface area contributed by atoms with Crippen LogP contribution in [0.1, 0.15) is 13.3 Å². The van der Waals surface area contributed by atoms with Crippen molar-refractivity contribution in [2.45, 2.75) is 13.3 Å². The molecule has 1 saturated carbocycles. The van der Waals surface area contributed by atoms with Crippen molar-refractivity contribution in [3.8, 4) is 5.75 Å². The van der Waals surface area contributed by atoms with Gasteiger partial charge in [-0.3, -0.25) is 9.59 Å². The zero-order valence-electron chi connectivity index (χ0n) is 14.1. The van der Waals surface area contributed by atoms with Crippen molar-refractivity contribution in [3.63, 3.8) is 0 Å².